The van der Waals surface area contributed by atoms with E-state index in [4.69, 9.17) is 11.6 Å². The van der Waals surface area contributed by atoms with Gasteiger partial charge >= 0.3 is 0 Å². The van der Waals surface area contributed by atoms with Gasteiger partial charge in [-0.05, 0) is 44.8 Å². The Morgan fingerprint density at radius 2 is 2.30 bits per heavy atom. The third-order valence-electron chi connectivity index (χ3n) is 3.87. The molecule has 1 fully saturated rings. The number of aryl methyl sites for hydroxylation is 1. The number of likely N-dealkylation sites (N-methyl/N-ethyl adjacent to an activating group) is 1. The minimum atomic E-state index is 0.132. The third kappa shape index (κ3) is 4.13. The van der Waals surface area contributed by atoms with Crippen molar-refractivity contribution in [1.29, 1.82) is 0 Å². The number of amides is 1. The zero-order chi connectivity index (χ0) is 14.6. The lowest BCUT2D eigenvalue weighted by molar-refractivity contribution is -0.121. The molecule has 0 saturated carbocycles. The first-order chi connectivity index (χ1) is 9.52. The van der Waals surface area contributed by atoms with Gasteiger partial charge in [-0.1, -0.05) is 11.6 Å². The number of rotatable bonds is 6. The molecule has 0 aromatic carbocycles. The Kier molecular flexibility index (Phi) is 5.78. The molecule has 1 saturated heterocycles. The Balaban J connectivity index is 1.77. The molecule has 0 unspecified atom stereocenters. The summed E-state index contributed by atoms with van der Waals surface area (Å²) in [7, 11) is 4.21. The van der Waals surface area contributed by atoms with E-state index in [9.17, 15) is 4.79 Å². The second-order valence-corrected chi connectivity index (χ2v) is 8.31. The minimum absolute atomic E-state index is 0.132. The summed E-state index contributed by atoms with van der Waals surface area (Å²) in [5.74, 6) is 2.41. The molecule has 1 aromatic rings. The molecule has 3 nitrogen and oxygen atoms in total. The quantitative estimate of drug-likeness (QED) is 0.869. The number of thioether (sulfide) groups is 1. The van der Waals surface area contributed by atoms with Crippen molar-refractivity contribution in [3.05, 3.63) is 21.3 Å². The average Bonchev–Trinajstić information content (AvgIpc) is 3.03. The summed E-state index contributed by atoms with van der Waals surface area (Å²) in [6, 6.07) is 3.88. The van der Waals surface area contributed by atoms with Crippen LogP contribution in [-0.4, -0.2) is 48.5 Å². The second kappa shape index (κ2) is 7.16. The molecule has 0 spiro atoms. The summed E-state index contributed by atoms with van der Waals surface area (Å²) in [6.07, 6.45) is 2.45. The van der Waals surface area contributed by atoms with Crippen molar-refractivity contribution in [2.24, 2.45) is 0 Å². The molecule has 0 bridgehead atoms. The van der Waals surface area contributed by atoms with Crippen molar-refractivity contribution >= 4 is 40.6 Å². The minimum Gasteiger partial charge on any atom is -0.354 e. The first kappa shape index (κ1) is 16.1. The summed E-state index contributed by atoms with van der Waals surface area (Å²) < 4.78 is 0.787. The monoisotopic (exact) mass is 332 g/mol. The van der Waals surface area contributed by atoms with Crippen molar-refractivity contribution in [3.8, 4) is 0 Å². The first-order valence-corrected chi connectivity index (χ1v) is 9.13. The van der Waals surface area contributed by atoms with Crippen molar-refractivity contribution in [1.82, 2.24) is 10.2 Å². The predicted octanol–water partition coefficient (Wildman–Crippen LogP) is 2.89. The van der Waals surface area contributed by atoms with Gasteiger partial charge in [0.2, 0.25) is 5.91 Å². The van der Waals surface area contributed by atoms with Crippen molar-refractivity contribution < 1.29 is 4.79 Å². The fourth-order valence-electron chi connectivity index (χ4n) is 2.32. The van der Waals surface area contributed by atoms with Gasteiger partial charge in [0.25, 0.3) is 0 Å². The van der Waals surface area contributed by atoms with Crippen LogP contribution < -0.4 is 5.32 Å². The van der Waals surface area contributed by atoms with Crippen LogP contribution in [0.1, 0.15) is 17.7 Å². The van der Waals surface area contributed by atoms with Crippen LogP contribution in [0.25, 0.3) is 0 Å². The summed E-state index contributed by atoms with van der Waals surface area (Å²) >= 11 is 9.41. The number of hydrogen-bond acceptors (Lipinski definition) is 4. The highest BCUT2D eigenvalue weighted by molar-refractivity contribution is 7.99. The van der Waals surface area contributed by atoms with Crippen molar-refractivity contribution in [3.63, 3.8) is 0 Å². The van der Waals surface area contributed by atoms with Gasteiger partial charge in [-0.25, -0.2) is 0 Å². The third-order valence-corrected chi connectivity index (χ3v) is 6.40. The lowest BCUT2D eigenvalue weighted by Crippen LogP contribution is -2.53. The summed E-state index contributed by atoms with van der Waals surface area (Å²) in [6.45, 7) is 0.747. The Labute approximate surface area is 134 Å². The van der Waals surface area contributed by atoms with Crippen molar-refractivity contribution in [2.75, 3.05) is 32.1 Å². The normalized spacial score (nSPS) is 22.4. The maximum atomic E-state index is 12.0. The van der Waals surface area contributed by atoms with Crippen LogP contribution in [0, 0.1) is 0 Å². The molecule has 0 radical (unpaired) electrons. The molecular weight excluding hydrogens is 312 g/mol. The van der Waals surface area contributed by atoms with Gasteiger partial charge in [-0.3, -0.25) is 4.79 Å². The SMILES string of the molecule is CN(C)[C@@]1(CNC(=O)CCc2ccc(Cl)s2)CCSC1. The maximum Gasteiger partial charge on any atom is 0.220 e. The Morgan fingerprint density at radius 1 is 1.50 bits per heavy atom. The molecular formula is C14H21ClN2OS2. The van der Waals surface area contributed by atoms with E-state index in [0.29, 0.717) is 6.42 Å². The molecule has 1 amide bonds. The van der Waals surface area contributed by atoms with Gasteiger partial charge in [-0.15, -0.1) is 11.3 Å². The molecule has 1 atom stereocenters. The standard InChI is InChI=1S/C14H21ClN2OS2/c1-17(2)14(7-8-19-10-14)9-16-13(18)6-4-11-3-5-12(15)20-11/h3,5H,4,6-10H2,1-2H3,(H,16,18)/t14-/m1/s1. The summed E-state index contributed by atoms with van der Waals surface area (Å²) in [5, 5.41) is 3.10. The van der Waals surface area contributed by atoms with Gasteiger partial charge in [0.05, 0.1) is 4.34 Å². The Bertz CT molecular complexity index is 456. The number of halogens is 1. The fourth-order valence-corrected chi connectivity index (χ4v) is 4.96. The fraction of sp³-hybridized carbons (Fsp3) is 0.643. The first-order valence-electron chi connectivity index (χ1n) is 6.78. The lowest BCUT2D eigenvalue weighted by atomic mass is 9.97. The highest BCUT2D eigenvalue weighted by atomic mass is 35.5. The summed E-state index contributed by atoms with van der Waals surface area (Å²) in [5.41, 5.74) is 0.132. The maximum absolute atomic E-state index is 12.0. The van der Waals surface area contributed by atoms with Gasteiger partial charge < -0.3 is 10.2 Å². The average molecular weight is 333 g/mol. The molecule has 1 aliphatic heterocycles. The van der Waals surface area contributed by atoms with Crippen LogP contribution in [0.5, 0.6) is 0 Å². The van der Waals surface area contributed by atoms with E-state index >= 15 is 0 Å². The topological polar surface area (TPSA) is 32.3 Å². The highest BCUT2D eigenvalue weighted by Gasteiger charge is 2.36. The van der Waals surface area contributed by atoms with Crippen LogP contribution in [0.4, 0.5) is 0 Å². The second-order valence-electron chi connectivity index (χ2n) is 5.40. The molecule has 0 aliphatic carbocycles. The molecule has 1 aliphatic rings. The summed E-state index contributed by atoms with van der Waals surface area (Å²) in [4.78, 5) is 15.4. The molecule has 1 N–H and O–H groups in total. The van der Waals surface area contributed by atoms with E-state index in [-0.39, 0.29) is 11.4 Å². The molecule has 2 heterocycles. The van der Waals surface area contributed by atoms with E-state index in [1.807, 2.05) is 23.9 Å². The van der Waals surface area contributed by atoms with Gasteiger partial charge in [-0.2, -0.15) is 11.8 Å². The zero-order valence-corrected chi connectivity index (χ0v) is 14.3. The lowest BCUT2D eigenvalue weighted by Gasteiger charge is -2.35. The number of nitrogens with one attached hydrogen (secondary N) is 1. The molecule has 20 heavy (non-hydrogen) atoms. The van der Waals surface area contributed by atoms with Gasteiger partial charge in [0.1, 0.15) is 0 Å². The highest BCUT2D eigenvalue weighted by Crippen LogP contribution is 2.31. The smallest absolute Gasteiger partial charge is 0.220 e. The molecule has 2 rings (SSSR count). The Morgan fingerprint density at radius 3 is 2.85 bits per heavy atom. The number of hydrogen-bond donors (Lipinski definition) is 1. The van der Waals surface area contributed by atoms with E-state index in [1.165, 1.54) is 10.6 Å². The van der Waals surface area contributed by atoms with E-state index in [0.717, 1.165) is 29.5 Å². The number of carbonyl (C=O) groups excluding carboxylic acids is 1. The van der Waals surface area contributed by atoms with Crippen LogP contribution in [0.15, 0.2) is 12.1 Å². The van der Waals surface area contributed by atoms with Crippen LogP contribution in [0.2, 0.25) is 4.34 Å². The predicted molar refractivity (Wildman–Crippen MR) is 89.0 cm³/mol. The number of nitrogens with zero attached hydrogens (tertiary/aromatic N) is 1. The van der Waals surface area contributed by atoms with Crippen LogP contribution in [0.3, 0.4) is 0 Å². The number of thiophene rings is 1. The van der Waals surface area contributed by atoms with E-state index in [2.05, 4.69) is 24.3 Å². The molecule has 112 valence electrons. The number of carbonyl (C=O) groups is 1. The van der Waals surface area contributed by atoms with Crippen molar-refractivity contribution in [2.45, 2.75) is 24.8 Å². The molecule has 1 aromatic heterocycles. The van der Waals surface area contributed by atoms with E-state index < -0.39 is 0 Å². The van der Waals surface area contributed by atoms with Crippen LogP contribution in [-0.2, 0) is 11.2 Å². The van der Waals surface area contributed by atoms with Gasteiger partial charge in [0.15, 0.2) is 0 Å². The Hall–Kier alpha value is -0.230. The van der Waals surface area contributed by atoms with Gasteiger partial charge in [0, 0.05) is 29.1 Å². The largest absolute Gasteiger partial charge is 0.354 e. The zero-order valence-electron chi connectivity index (χ0n) is 11.9. The molecule has 6 heteroatoms. The van der Waals surface area contributed by atoms with E-state index in [1.54, 1.807) is 11.3 Å². The van der Waals surface area contributed by atoms with Crippen LogP contribution >= 0.6 is 34.7 Å².